The van der Waals surface area contributed by atoms with Crippen molar-refractivity contribution < 1.29 is 23.8 Å². The van der Waals surface area contributed by atoms with Crippen molar-refractivity contribution in [3.05, 3.63) is 53.6 Å². The monoisotopic (exact) mass is 339 g/mol. The highest BCUT2D eigenvalue weighted by Gasteiger charge is 2.25. The zero-order valence-electron chi connectivity index (χ0n) is 14.1. The van der Waals surface area contributed by atoms with Crippen LogP contribution in [0.2, 0.25) is 0 Å². The molecule has 6 heteroatoms. The number of hydrogen-bond acceptors (Lipinski definition) is 5. The lowest BCUT2D eigenvalue weighted by atomic mass is 10.0. The number of ketones is 1. The summed E-state index contributed by atoms with van der Waals surface area (Å²) in [6.07, 6.45) is 1.32. The summed E-state index contributed by atoms with van der Waals surface area (Å²) in [5.74, 6) is 0.515. The van der Waals surface area contributed by atoms with E-state index in [-0.39, 0.29) is 11.7 Å². The molecule has 1 aliphatic rings. The molecule has 0 saturated carbocycles. The van der Waals surface area contributed by atoms with Crippen LogP contribution in [-0.2, 0) is 4.79 Å². The maximum Gasteiger partial charge on any atom is 0.256 e. The minimum Gasteiger partial charge on any atom is -0.493 e. The Kier molecular flexibility index (Phi) is 4.43. The standard InChI is InChI=1S/C19H17NO5/c1-23-16-8-11(9-17(24-2)18(16)25-3)15(21)10-13-12-6-4-5-7-14(12)20-19(13)22/h4-10H,1-3H3,(H,20,22)/b13-10-. The quantitative estimate of drug-likeness (QED) is 0.670. The molecular weight excluding hydrogens is 322 g/mol. The van der Waals surface area contributed by atoms with Gasteiger partial charge < -0.3 is 19.5 Å². The van der Waals surface area contributed by atoms with E-state index in [1.807, 2.05) is 12.1 Å². The van der Waals surface area contributed by atoms with Gasteiger partial charge in [0.2, 0.25) is 5.75 Å². The van der Waals surface area contributed by atoms with E-state index in [0.717, 1.165) is 0 Å². The first-order chi connectivity index (χ1) is 12.1. The fourth-order valence-corrected chi connectivity index (χ4v) is 2.72. The van der Waals surface area contributed by atoms with Gasteiger partial charge in [-0.1, -0.05) is 18.2 Å². The summed E-state index contributed by atoms with van der Waals surface area (Å²) in [6.45, 7) is 0. The Labute approximate surface area is 145 Å². The van der Waals surface area contributed by atoms with E-state index in [9.17, 15) is 9.59 Å². The number of hydrogen-bond donors (Lipinski definition) is 1. The minimum absolute atomic E-state index is 0.304. The first-order valence-corrected chi connectivity index (χ1v) is 7.55. The second-order valence-electron chi connectivity index (χ2n) is 5.34. The van der Waals surface area contributed by atoms with Crippen LogP contribution in [0.5, 0.6) is 17.2 Å². The molecule has 1 amide bonds. The Morgan fingerprint density at radius 1 is 1.00 bits per heavy atom. The number of para-hydroxylation sites is 1. The van der Waals surface area contributed by atoms with E-state index in [1.165, 1.54) is 27.4 Å². The first kappa shape index (κ1) is 16.6. The summed E-state index contributed by atoms with van der Waals surface area (Å²) in [7, 11) is 4.44. The molecule has 1 aliphatic heterocycles. The van der Waals surface area contributed by atoms with E-state index in [4.69, 9.17) is 14.2 Å². The van der Waals surface area contributed by atoms with Crippen LogP contribution >= 0.6 is 0 Å². The number of nitrogens with one attached hydrogen (secondary N) is 1. The molecule has 0 aliphatic carbocycles. The third-order valence-corrected chi connectivity index (χ3v) is 3.93. The van der Waals surface area contributed by atoms with Crippen molar-refractivity contribution in [3.8, 4) is 17.2 Å². The maximum absolute atomic E-state index is 12.7. The number of fused-ring (bicyclic) bond motifs is 1. The van der Waals surface area contributed by atoms with Gasteiger partial charge >= 0.3 is 0 Å². The summed E-state index contributed by atoms with van der Waals surface area (Å²) >= 11 is 0. The van der Waals surface area contributed by atoms with Crippen LogP contribution in [0.15, 0.2) is 42.5 Å². The van der Waals surface area contributed by atoms with Crippen LogP contribution in [0.1, 0.15) is 15.9 Å². The van der Waals surface area contributed by atoms with Gasteiger partial charge in [0, 0.05) is 16.8 Å². The number of amides is 1. The smallest absolute Gasteiger partial charge is 0.256 e. The SMILES string of the molecule is COc1cc(C(=O)/C=C2\C(=O)Nc3ccccc32)cc(OC)c1OC. The molecule has 0 radical (unpaired) electrons. The lowest BCUT2D eigenvalue weighted by molar-refractivity contribution is -0.110. The maximum atomic E-state index is 12.7. The summed E-state index contributed by atoms with van der Waals surface area (Å²) in [4.78, 5) is 24.8. The summed E-state index contributed by atoms with van der Waals surface area (Å²) in [5, 5.41) is 2.74. The molecule has 25 heavy (non-hydrogen) atoms. The van der Waals surface area contributed by atoms with Gasteiger partial charge in [0.25, 0.3) is 5.91 Å². The number of ether oxygens (including phenoxy) is 3. The zero-order valence-corrected chi connectivity index (χ0v) is 14.1. The number of rotatable bonds is 5. The van der Waals surface area contributed by atoms with Gasteiger partial charge in [-0.3, -0.25) is 9.59 Å². The molecule has 0 saturated heterocycles. The van der Waals surface area contributed by atoms with Crippen LogP contribution in [0.25, 0.3) is 5.57 Å². The van der Waals surface area contributed by atoms with Gasteiger partial charge in [-0.15, -0.1) is 0 Å². The largest absolute Gasteiger partial charge is 0.493 e. The predicted octanol–water partition coefficient (Wildman–Crippen LogP) is 2.93. The number of carbonyl (C=O) groups is 2. The summed E-state index contributed by atoms with van der Waals surface area (Å²) in [5.41, 5.74) is 2.05. The van der Waals surface area contributed by atoms with Gasteiger partial charge in [-0.05, 0) is 24.3 Å². The molecule has 0 bridgehead atoms. The van der Waals surface area contributed by atoms with Gasteiger partial charge in [0.05, 0.1) is 26.9 Å². The fraction of sp³-hybridized carbons (Fsp3) is 0.158. The average Bonchev–Trinajstić information content (AvgIpc) is 2.95. The van der Waals surface area contributed by atoms with E-state index in [0.29, 0.717) is 39.6 Å². The highest BCUT2D eigenvalue weighted by atomic mass is 16.5. The lowest BCUT2D eigenvalue weighted by Gasteiger charge is -2.13. The average molecular weight is 339 g/mol. The van der Waals surface area contributed by atoms with Gasteiger partial charge in [0.15, 0.2) is 17.3 Å². The highest BCUT2D eigenvalue weighted by Crippen LogP contribution is 2.39. The van der Waals surface area contributed by atoms with E-state index >= 15 is 0 Å². The Bertz CT molecular complexity index is 860. The van der Waals surface area contributed by atoms with Crippen molar-refractivity contribution in [3.63, 3.8) is 0 Å². The highest BCUT2D eigenvalue weighted by molar-refractivity contribution is 6.35. The molecule has 3 rings (SSSR count). The summed E-state index contributed by atoms with van der Waals surface area (Å²) in [6, 6.07) is 10.3. The normalized spacial score (nSPS) is 14.0. The number of anilines is 1. The number of allylic oxidation sites excluding steroid dienone is 1. The molecule has 0 spiro atoms. The molecule has 128 valence electrons. The molecule has 2 aromatic rings. The topological polar surface area (TPSA) is 73.9 Å². The molecule has 0 atom stereocenters. The second kappa shape index (κ2) is 6.68. The van der Waals surface area contributed by atoms with E-state index in [2.05, 4.69) is 5.32 Å². The van der Waals surface area contributed by atoms with Crippen LogP contribution in [-0.4, -0.2) is 33.0 Å². The number of methoxy groups -OCH3 is 3. The minimum atomic E-state index is -0.332. The lowest BCUT2D eigenvalue weighted by Crippen LogP contribution is -2.06. The Hall–Kier alpha value is -3.28. The van der Waals surface area contributed by atoms with Crippen LogP contribution < -0.4 is 19.5 Å². The third kappa shape index (κ3) is 2.94. The van der Waals surface area contributed by atoms with Crippen molar-refractivity contribution >= 4 is 23.0 Å². The zero-order chi connectivity index (χ0) is 18.0. The Morgan fingerprint density at radius 3 is 2.24 bits per heavy atom. The number of carbonyl (C=O) groups excluding carboxylic acids is 2. The first-order valence-electron chi connectivity index (χ1n) is 7.55. The van der Waals surface area contributed by atoms with Crippen molar-refractivity contribution in [2.24, 2.45) is 0 Å². The molecular formula is C19H17NO5. The van der Waals surface area contributed by atoms with E-state index in [1.54, 1.807) is 24.3 Å². The molecule has 2 aromatic carbocycles. The van der Waals surface area contributed by atoms with Crippen molar-refractivity contribution in [1.29, 1.82) is 0 Å². The third-order valence-electron chi connectivity index (χ3n) is 3.93. The van der Waals surface area contributed by atoms with Crippen LogP contribution in [0.3, 0.4) is 0 Å². The van der Waals surface area contributed by atoms with Crippen molar-refractivity contribution in [2.45, 2.75) is 0 Å². The Balaban J connectivity index is 2.03. The number of benzene rings is 2. The van der Waals surface area contributed by atoms with Crippen molar-refractivity contribution in [1.82, 2.24) is 0 Å². The van der Waals surface area contributed by atoms with Gasteiger partial charge in [-0.2, -0.15) is 0 Å². The summed E-state index contributed by atoms with van der Waals surface area (Å²) < 4.78 is 15.8. The van der Waals surface area contributed by atoms with Crippen LogP contribution in [0.4, 0.5) is 5.69 Å². The molecule has 0 fully saturated rings. The second-order valence-corrected chi connectivity index (χ2v) is 5.34. The Morgan fingerprint density at radius 2 is 1.64 bits per heavy atom. The molecule has 0 unspecified atom stereocenters. The van der Waals surface area contributed by atoms with Crippen LogP contribution in [0, 0.1) is 0 Å². The molecule has 1 heterocycles. The molecule has 0 aromatic heterocycles. The van der Waals surface area contributed by atoms with Gasteiger partial charge in [0.1, 0.15) is 0 Å². The molecule has 1 N–H and O–H groups in total. The van der Waals surface area contributed by atoms with Gasteiger partial charge in [-0.25, -0.2) is 0 Å². The fourth-order valence-electron chi connectivity index (χ4n) is 2.72. The van der Waals surface area contributed by atoms with Crippen molar-refractivity contribution in [2.75, 3.05) is 26.6 Å². The van der Waals surface area contributed by atoms with E-state index < -0.39 is 0 Å². The molecule has 6 nitrogen and oxygen atoms in total. The predicted molar refractivity (Wildman–Crippen MR) is 93.5 cm³/mol.